The Bertz CT molecular complexity index is 1660. The average molecular weight is 557 g/mol. The normalized spacial score (nSPS) is 18.1. The second kappa shape index (κ2) is 10.3. The van der Waals surface area contributed by atoms with Crippen LogP contribution in [-0.2, 0) is 24.8 Å². The van der Waals surface area contributed by atoms with Gasteiger partial charge in [-0.25, -0.2) is 9.97 Å². The fourth-order valence-electron chi connectivity index (χ4n) is 6.85. The number of para-hydroxylation sites is 1. The molecule has 1 saturated carbocycles. The molecule has 0 unspecified atom stereocenters. The largest absolute Gasteiger partial charge is 0.343 e. The Morgan fingerprint density at radius 2 is 1.88 bits per heavy atom. The lowest BCUT2D eigenvalue weighted by Gasteiger charge is -2.32. The maximum absolute atomic E-state index is 13.2. The summed E-state index contributed by atoms with van der Waals surface area (Å²) >= 11 is 0. The van der Waals surface area contributed by atoms with Crippen LogP contribution in [0.5, 0.6) is 0 Å². The van der Waals surface area contributed by atoms with Crippen LogP contribution in [0.4, 0.5) is 4.39 Å². The topological polar surface area (TPSA) is 76.3 Å². The van der Waals surface area contributed by atoms with Crippen molar-refractivity contribution in [1.82, 2.24) is 28.9 Å². The number of imidazole rings is 1. The fraction of sp³-hybridized carbons (Fsp3) is 0.500. The lowest BCUT2D eigenvalue weighted by atomic mass is 9.88. The van der Waals surface area contributed by atoms with Gasteiger partial charge in [0.2, 0.25) is 5.91 Å². The molecule has 4 aromatic rings. The van der Waals surface area contributed by atoms with Crippen molar-refractivity contribution in [1.29, 1.82) is 0 Å². The Hall–Kier alpha value is -3.75. The van der Waals surface area contributed by atoms with Crippen LogP contribution >= 0.6 is 0 Å². The standard InChI is InChI=1S/C32H37FN6O2/c1-20(40)37-14-9-22(10-15-37)24-6-3-5-23-17-28(39(29(23)24)19-21-7-8-21)31-35-27-18-25-26(34-30(27)36(31)2)11-16-38(32(25)41)13-4-12-33/h3,5-6,17-18,21-22H,4,7-16,19H2,1-2H3. The summed E-state index contributed by atoms with van der Waals surface area (Å²) in [6, 6.07) is 10.8. The molecule has 2 fully saturated rings. The van der Waals surface area contributed by atoms with E-state index in [2.05, 4.69) is 33.4 Å². The van der Waals surface area contributed by atoms with Crippen molar-refractivity contribution in [3.63, 3.8) is 0 Å². The van der Waals surface area contributed by atoms with E-state index in [-0.39, 0.29) is 11.8 Å². The van der Waals surface area contributed by atoms with E-state index >= 15 is 0 Å². The molecule has 2 amide bonds. The van der Waals surface area contributed by atoms with Crippen molar-refractivity contribution in [2.45, 2.75) is 57.9 Å². The van der Waals surface area contributed by atoms with Gasteiger partial charge in [0.25, 0.3) is 5.91 Å². The smallest absolute Gasteiger partial charge is 0.255 e. The quantitative estimate of drug-likeness (QED) is 0.318. The summed E-state index contributed by atoms with van der Waals surface area (Å²) in [5.74, 6) is 2.02. The average Bonchev–Trinajstić information content (AvgIpc) is 3.65. The molecule has 0 atom stereocenters. The van der Waals surface area contributed by atoms with E-state index in [4.69, 9.17) is 9.97 Å². The highest BCUT2D eigenvalue weighted by Crippen LogP contribution is 2.40. The number of nitrogens with zero attached hydrogens (tertiary/aromatic N) is 6. The van der Waals surface area contributed by atoms with Crippen LogP contribution in [-0.4, -0.2) is 73.6 Å². The molecular weight excluding hydrogens is 519 g/mol. The molecule has 0 bridgehead atoms. The number of rotatable bonds is 7. The number of fused-ring (bicyclic) bond motifs is 3. The van der Waals surface area contributed by atoms with E-state index in [0.717, 1.165) is 55.3 Å². The molecule has 1 aromatic carbocycles. The van der Waals surface area contributed by atoms with E-state index in [0.29, 0.717) is 48.8 Å². The van der Waals surface area contributed by atoms with E-state index in [1.165, 1.54) is 29.3 Å². The number of pyridine rings is 1. The van der Waals surface area contributed by atoms with Crippen LogP contribution in [0.1, 0.15) is 66.6 Å². The van der Waals surface area contributed by atoms with Crippen molar-refractivity contribution in [2.24, 2.45) is 13.0 Å². The summed E-state index contributed by atoms with van der Waals surface area (Å²) in [6.45, 7) is 4.80. The van der Waals surface area contributed by atoms with Gasteiger partial charge in [-0.1, -0.05) is 18.2 Å². The minimum absolute atomic E-state index is 0.0791. The molecule has 214 valence electrons. The van der Waals surface area contributed by atoms with Gasteiger partial charge in [-0.2, -0.15) is 0 Å². The molecular formula is C32H37FN6O2. The molecule has 1 aliphatic carbocycles. The summed E-state index contributed by atoms with van der Waals surface area (Å²) in [4.78, 5) is 38.8. The van der Waals surface area contributed by atoms with Crippen LogP contribution < -0.4 is 0 Å². The third-order valence-electron chi connectivity index (χ3n) is 9.32. The first kappa shape index (κ1) is 26.2. The second-order valence-electron chi connectivity index (χ2n) is 12.1. The summed E-state index contributed by atoms with van der Waals surface area (Å²) in [7, 11) is 2.01. The first-order valence-electron chi connectivity index (χ1n) is 15.0. The molecule has 0 spiro atoms. The van der Waals surface area contributed by atoms with Crippen molar-refractivity contribution in [3.8, 4) is 11.5 Å². The van der Waals surface area contributed by atoms with Gasteiger partial charge in [0.15, 0.2) is 11.5 Å². The maximum Gasteiger partial charge on any atom is 0.255 e. The zero-order valence-electron chi connectivity index (χ0n) is 23.9. The van der Waals surface area contributed by atoms with Gasteiger partial charge in [0.1, 0.15) is 5.52 Å². The number of aromatic nitrogens is 4. The summed E-state index contributed by atoms with van der Waals surface area (Å²) < 4.78 is 17.3. The minimum atomic E-state index is -0.425. The Kier molecular flexibility index (Phi) is 6.55. The molecule has 7 rings (SSSR count). The minimum Gasteiger partial charge on any atom is -0.343 e. The molecule has 5 heterocycles. The lowest BCUT2D eigenvalue weighted by molar-refractivity contribution is -0.129. The summed E-state index contributed by atoms with van der Waals surface area (Å²) in [5.41, 5.74) is 6.61. The highest BCUT2D eigenvalue weighted by Gasteiger charge is 2.31. The van der Waals surface area contributed by atoms with Gasteiger partial charge in [-0.15, -0.1) is 0 Å². The number of amides is 2. The SMILES string of the molecule is CC(=O)N1CCC(c2cccc3cc(-c4nc5cc6c(nc5n4C)CCN(CCCF)C6=O)n(CC4CC4)c23)CC1. The van der Waals surface area contributed by atoms with E-state index in [9.17, 15) is 14.0 Å². The predicted octanol–water partition coefficient (Wildman–Crippen LogP) is 5.08. The van der Waals surface area contributed by atoms with Gasteiger partial charge >= 0.3 is 0 Å². The number of carbonyl (C=O) groups is 2. The molecule has 8 nitrogen and oxygen atoms in total. The zero-order chi connectivity index (χ0) is 28.2. The van der Waals surface area contributed by atoms with E-state index < -0.39 is 6.67 Å². The molecule has 1 saturated heterocycles. The number of alkyl halides is 1. The third-order valence-corrected chi connectivity index (χ3v) is 9.32. The highest BCUT2D eigenvalue weighted by molar-refractivity contribution is 5.99. The van der Waals surface area contributed by atoms with Crippen molar-refractivity contribution in [3.05, 3.63) is 47.2 Å². The van der Waals surface area contributed by atoms with Gasteiger partial charge in [-0.3, -0.25) is 14.0 Å². The van der Waals surface area contributed by atoms with Gasteiger partial charge in [0, 0.05) is 58.5 Å². The van der Waals surface area contributed by atoms with Crippen molar-refractivity contribution >= 4 is 33.9 Å². The zero-order valence-corrected chi connectivity index (χ0v) is 23.9. The highest BCUT2D eigenvalue weighted by atomic mass is 19.1. The summed E-state index contributed by atoms with van der Waals surface area (Å²) in [5, 5.41) is 1.21. The number of likely N-dealkylation sites (tertiary alicyclic amines) is 1. The first-order chi connectivity index (χ1) is 19.9. The van der Waals surface area contributed by atoms with Crippen molar-refractivity contribution < 1.29 is 14.0 Å². The Labute approximate surface area is 239 Å². The van der Waals surface area contributed by atoms with Crippen LogP contribution in [0.15, 0.2) is 30.3 Å². The number of benzene rings is 1. The van der Waals surface area contributed by atoms with Gasteiger partial charge in [0.05, 0.1) is 29.1 Å². The molecule has 3 aromatic heterocycles. The van der Waals surface area contributed by atoms with Crippen LogP contribution in [0.25, 0.3) is 33.6 Å². The number of piperidine rings is 1. The van der Waals surface area contributed by atoms with E-state index in [1.54, 1.807) is 11.8 Å². The molecule has 0 radical (unpaired) electrons. The number of hydrogen-bond acceptors (Lipinski definition) is 4. The number of hydrogen-bond donors (Lipinski definition) is 0. The monoisotopic (exact) mass is 556 g/mol. The molecule has 2 aliphatic heterocycles. The third kappa shape index (κ3) is 4.59. The van der Waals surface area contributed by atoms with Crippen LogP contribution in [0.2, 0.25) is 0 Å². The Morgan fingerprint density at radius 1 is 1.07 bits per heavy atom. The second-order valence-corrected chi connectivity index (χ2v) is 12.1. The number of aryl methyl sites for hydroxylation is 1. The number of carbonyl (C=O) groups excluding carboxylic acids is 2. The molecule has 9 heteroatoms. The van der Waals surface area contributed by atoms with Crippen LogP contribution in [0.3, 0.4) is 0 Å². The first-order valence-corrected chi connectivity index (χ1v) is 15.0. The Morgan fingerprint density at radius 3 is 2.61 bits per heavy atom. The van der Waals surface area contributed by atoms with Crippen molar-refractivity contribution in [2.75, 3.05) is 32.9 Å². The summed E-state index contributed by atoms with van der Waals surface area (Å²) in [6.07, 6.45) is 5.46. The Balaban J connectivity index is 1.31. The molecule has 41 heavy (non-hydrogen) atoms. The molecule has 0 N–H and O–H groups in total. The predicted molar refractivity (Wildman–Crippen MR) is 157 cm³/mol. The maximum atomic E-state index is 13.2. The van der Waals surface area contributed by atoms with Gasteiger partial charge < -0.3 is 18.9 Å². The number of halogens is 1. The molecule has 3 aliphatic rings. The van der Waals surface area contributed by atoms with E-state index in [1.807, 2.05) is 18.0 Å². The lowest BCUT2D eigenvalue weighted by Crippen LogP contribution is -2.38. The fourth-order valence-corrected chi connectivity index (χ4v) is 6.85. The van der Waals surface area contributed by atoms with Crippen LogP contribution in [0, 0.1) is 5.92 Å². The van der Waals surface area contributed by atoms with Gasteiger partial charge in [-0.05, 0) is 61.6 Å².